The molecule has 19 heavy (non-hydrogen) atoms. The van der Waals surface area contributed by atoms with Crippen LogP contribution < -0.4 is 0 Å². The van der Waals surface area contributed by atoms with Gasteiger partial charge in [0.1, 0.15) is 4.90 Å². The highest BCUT2D eigenvalue weighted by molar-refractivity contribution is 9.10. The second-order valence-corrected chi connectivity index (χ2v) is 7.06. The predicted molar refractivity (Wildman–Crippen MR) is 72.3 cm³/mol. The smallest absolute Gasteiger partial charge is 0.244 e. The second-order valence-electron chi connectivity index (χ2n) is 4.21. The normalized spacial score (nSPS) is 24.8. The summed E-state index contributed by atoms with van der Waals surface area (Å²) in [6, 6.07) is 1.53. The van der Waals surface area contributed by atoms with E-state index in [-0.39, 0.29) is 30.2 Å². The Balaban J connectivity index is 2.27. The standard InChI is InChI=1S/C11H15BrN2O4S/c1-17-10-6-14(7-11(10)18-2)19(15,16)9-3-8(12)4-13-5-9/h3-5,10-11H,6-7H2,1-2H3. The molecule has 1 saturated heterocycles. The maximum absolute atomic E-state index is 12.5. The molecule has 8 heteroatoms. The molecule has 0 aliphatic carbocycles. The number of nitrogens with zero attached hydrogens (tertiary/aromatic N) is 2. The molecule has 106 valence electrons. The number of rotatable bonds is 4. The third-order valence-corrected chi connectivity index (χ3v) is 5.34. The monoisotopic (exact) mass is 350 g/mol. The molecule has 0 aromatic carbocycles. The molecule has 1 fully saturated rings. The van der Waals surface area contributed by atoms with Crippen molar-refractivity contribution >= 4 is 26.0 Å². The van der Waals surface area contributed by atoms with Crippen LogP contribution in [0.15, 0.2) is 27.8 Å². The lowest BCUT2D eigenvalue weighted by atomic mass is 10.3. The zero-order valence-corrected chi connectivity index (χ0v) is 13.0. The minimum Gasteiger partial charge on any atom is -0.377 e. The van der Waals surface area contributed by atoms with Crippen LogP contribution in [-0.2, 0) is 19.5 Å². The number of hydrogen-bond donors (Lipinski definition) is 0. The summed E-state index contributed by atoms with van der Waals surface area (Å²) in [5, 5.41) is 0. The van der Waals surface area contributed by atoms with Gasteiger partial charge in [-0.25, -0.2) is 8.42 Å². The Labute approximate surface area is 120 Å². The Morgan fingerprint density at radius 1 is 1.26 bits per heavy atom. The first-order valence-corrected chi connectivity index (χ1v) is 7.88. The lowest BCUT2D eigenvalue weighted by Gasteiger charge is -2.15. The SMILES string of the molecule is COC1CN(S(=O)(=O)c2cncc(Br)c2)CC1OC. The predicted octanol–water partition coefficient (Wildman–Crippen LogP) is 0.878. The van der Waals surface area contributed by atoms with Crippen molar-refractivity contribution in [3.63, 3.8) is 0 Å². The molecular weight excluding hydrogens is 336 g/mol. The van der Waals surface area contributed by atoms with Crippen LogP contribution in [0.25, 0.3) is 0 Å². The molecule has 6 nitrogen and oxygen atoms in total. The van der Waals surface area contributed by atoms with Crippen LogP contribution in [0.1, 0.15) is 0 Å². The fraction of sp³-hybridized carbons (Fsp3) is 0.545. The molecule has 2 atom stereocenters. The lowest BCUT2D eigenvalue weighted by Crippen LogP contribution is -2.30. The first-order valence-electron chi connectivity index (χ1n) is 5.65. The summed E-state index contributed by atoms with van der Waals surface area (Å²) in [4.78, 5) is 4.05. The van der Waals surface area contributed by atoms with E-state index in [9.17, 15) is 8.42 Å². The summed E-state index contributed by atoms with van der Waals surface area (Å²) in [6.45, 7) is 0.563. The average Bonchev–Trinajstić information content (AvgIpc) is 2.82. The van der Waals surface area contributed by atoms with E-state index in [1.165, 1.54) is 16.6 Å². The van der Waals surface area contributed by atoms with Crippen molar-refractivity contribution in [3.8, 4) is 0 Å². The average molecular weight is 351 g/mol. The molecule has 0 saturated carbocycles. The van der Waals surface area contributed by atoms with E-state index in [1.807, 2.05) is 0 Å². The van der Waals surface area contributed by atoms with Crippen molar-refractivity contribution in [3.05, 3.63) is 22.9 Å². The van der Waals surface area contributed by atoms with Gasteiger partial charge in [0, 0.05) is 44.2 Å². The van der Waals surface area contributed by atoms with Crippen molar-refractivity contribution in [2.24, 2.45) is 0 Å². The van der Waals surface area contributed by atoms with Crippen molar-refractivity contribution in [2.45, 2.75) is 17.1 Å². The van der Waals surface area contributed by atoms with Crippen molar-refractivity contribution in [2.75, 3.05) is 27.3 Å². The highest BCUT2D eigenvalue weighted by atomic mass is 79.9. The third-order valence-electron chi connectivity index (χ3n) is 3.10. The maximum Gasteiger partial charge on any atom is 0.244 e. The highest BCUT2D eigenvalue weighted by Crippen LogP contribution is 2.24. The van der Waals surface area contributed by atoms with E-state index in [0.29, 0.717) is 4.47 Å². The molecular formula is C11H15BrN2O4S. The molecule has 0 spiro atoms. The molecule has 2 unspecified atom stereocenters. The molecule has 1 aliphatic heterocycles. The Hall–Kier alpha value is -0.540. The zero-order valence-electron chi connectivity index (χ0n) is 10.6. The van der Waals surface area contributed by atoms with Crippen molar-refractivity contribution < 1.29 is 17.9 Å². The van der Waals surface area contributed by atoms with Crippen LogP contribution in [0.4, 0.5) is 0 Å². The van der Waals surface area contributed by atoms with Gasteiger partial charge >= 0.3 is 0 Å². The number of aromatic nitrogens is 1. The van der Waals surface area contributed by atoms with Gasteiger partial charge in [-0.05, 0) is 22.0 Å². The number of hydrogen-bond acceptors (Lipinski definition) is 5. The topological polar surface area (TPSA) is 68.7 Å². The quantitative estimate of drug-likeness (QED) is 0.806. The fourth-order valence-electron chi connectivity index (χ4n) is 2.04. The number of ether oxygens (including phenoxy) is 2. The Bertz CT molecular complexity index is 539. The molecule has 1 aromatic heterocycles. The Morgan fingerprint density at radius 2 is 1.84 bits per heavy atom. The summed E-state index contributed by atoms with van der Waals surface area (Å²) in [5.74, 6) is 0. The van der Waals surface area contributed by atoms with Crippen molar-refractivity contribution in [1.82, 2.24) is 9.29 Å². The van der Waals surface area contributed by atoms with E-state index in [2.05, 4.69) is 20.9 Å². The van der Waals surface area contributed by atoms with Crippen LogP contribution in [0.3, 0.4) is 0 Å². The first kappa shape index (κ1) is 14.9. The fourth-order valence-corrected chi connectivity index (χ4v) is 4.01. The van der Waals surface area contributed by atoms with Crippen LogP contribution in [-0.4, -0.2) is 57.2 Å². The molecule has 1 aliphatic rings. The number of pyridine rings is 1. The van der Waals surface area contributed by atoms with E-state index in [4.69, 9.17) is 9.47 Å². The molecule has 1 aromatic rings. The maximum atomic E-state index is 12.5. The van der Waals surface area contributed by atoms with E-state index in [1.54, 1.807) is 20.4 Å². The van der Waals surface area contributed by atoms with E-state index >= 15 is 0 Å². The van der Waals surface area contributed by atoms with Gasteiger partial charge in [0.15, 0.2) is 0 Å². The largest absolute Gasteiger partial charge is 0.377 e. The Morgan fingerprint density at radius 3 is 2.32 bits per heavy atom. The summed E-state index contributed by atoms with van der Waals surface area (Å²) in [7, 11) is -0.468. The number of methoxy groups -OCH3 is 2. The van der Waals surface area contributed by atoms with Gasteiger partial charge in [0.25, 0.3) is 0 Å². The summed E-state index contributed by atoms with van der Waals surface area (Å²) in [5.41, 5.74) is 0. The molecule has 0 bridgehead atoms. The van der Waals surface area contributed by atoms with Crippen molar-refractivity contribution in [1.29, 1.82) is 0 Å². The van der Waals surface area contributed by atoms with Gasteiger partial charge in [-0.3, -0.25) is 4.98 Å². The van der Waals surface area contributed by atoms with E-state index < -0.39 is 10.0 Å². The van der Waals surface area contributed by atoms with Crippen LogP contribution in [0.2, 0.25) is 0 Å². The summed E-state index contributed by atoms with van der Waals surface area (Å²) < 4.78 is 37.4. The van der Waals surface area contributed by atoms with Gasteiger partial charge in [0.05, 0.1) is 12.2 Å². The summed E-state index contributed by atoms with van der Waals surface area (Å²) >= 11 is 3.22. The summed E-state index contributed by atoms with van der Waals surface area (Å²) in [6.07, 6.45) is 2.38. The van der Waals surface area contributed by atoms with Crippen LogP contribution in [0, 0.1) is 0 Å². The molecule has 2 rings (SSSR count). The Kier molecular flexibility index (Phi) is 4.57. The van der Waals surface area contributed by atoms with Crippen LogP contribution >= 0.6 is 15.9 Å². The highest BCUT2D eigenvalue weighted by Gasteiger charge is 2.39. The number of sulfonamides is 1. The van der Waals surface area contributed by atoms with Gasteiger partial charge in [-0.2, -0.15) is 4.31 Å². The van der Waals surface area contributed by atoms with Gasteiger partial charge in [-0.15, -0.1) is 0 Å². The molecule has 0 radical (unpaired) electrons. The number of halogens is 1. The van der Waals surface area contributed by atoms with E-state index in [0.717, 1.165) is 0 Å². The minimum absolute atomic E-state index is 0.161. The first-order chi connectivity index (χ1) is 8.98. The zero-order chi connectivity index (χ0) is 14.0. The molecule has 0 N–H and O–H groups in total. The van der Waals surface area contributed by atoms with Crippen LogP contribution in [0.5, 0.6) is 0 Å². The minimum atomic E-state index is -3.57. The lowest BCUT2D eigenvalue weighted by molar-refractivity contribution is -0.00461. The van der Waals surface area contributed by atoms with Gasteiger partial charge in [0.2, 0.25) is 10.0 Å². The second kappa shape index (κ2) is 5.84. The molecule has 2 heterocycles. The van der Waals surface area contributed by atoms with Gasteiger partial charge in [-0.1, -0.05) is 0 Å². The van der Waals surface area contributed by atoms with Gasteiger partial charge < -0.3 is 9.47 Å². The third kappa shape index (κ3) is 2.97. The molecule has 0 amide bonds.